The van der Waals surface area contributed by atoms with Gasteiger partial charge in [-0.25, -0.2) is 18.7 Å². The number of nitrogens with zero attached hydrogens (tertiary/aromatic N) is 3. The second-order valence-corrected chi connectivity index (χ2v) is 10.7. The van der Waals surface area contributed by atoms with Crippen LogP contribution >= 0.6 is 11.3 Å². The molecule has 0 aromatic carbocycles. The van der Waals surface area contributed by atoms with Gasteiger partial charge in [-0.05, 0) is 49.9 Å². The number of ether oxygens (including phenoxy) is 1. The number of nitrogens with two attached hydrogens (primary N) is 2. The number of fused-ring (bicyclic) bond motifs is 2. The summed E-state index contributed by atoms with van der Waals surface area (Å²) in [4.78, 5) is 25.3. The maximum Gasteiger partial charge on any atom is 0.276 e. The Morgan fingerprint density at radius 3 is 2.86 bits per heavy atom. The van der Waals surface area contributed by atoms with Crippen molar-refractivity contribution in [3.63, 3.8) is 0 Å². The van der Waals surface area contributed by atoms with Crippen molar-refractivity contribution in [1.82, 2.24) is 15.3 Å². The smallest absolute Gasteiger partial charge is 0.276 e. The van der Waals surface area contributed by atoms with Crippen molar-refractivity contribution in [3.05, 3.63) is 46.1 Å². The molecule has 0 bridgehead atoms. The number of thiophene rings is 1. The number of amides is 1. The molecule has 4 heterocycles. The summed E-state index contributed by atoms with van der Waals surface area (Å²) in [7, 11) is 1.27. The number of hydrogen-bond donors (Lipinski definition) is 3. The lowest BCUT2D eigenvalue weighted by Crippen LogP contribution is -2.43. The van der Waals surface area contributed by atoms with Crippen molar-refractivity contribution >= 4 is 39.0 Å². The van der Waals surface area contributed by atoms with E-state index in [1.54, 1.807) is 0 Å². The number of nitrogens with one attached hydrogen (secondary N) is 1. The van der Waals surface area contributed by atoms with E-state index < -0.39 is 24.5 Å². The van der Waals surface area contributed by atoms with Crippen LogP contribution in [0.5, 0.6) is 0 Å². The fourth-order valence-electron chi connectivity index (χ4n) is 5.17. The summed E-state index contributed by atoms with van der Waals surface area (Å²) in [6.07, 6.45) is 2.05. The third-order valence-corrected chi connectivity index (χ3v) is 8.21. The standard InChI is InChI=1S/C25H30F2N6O2S/c1-13-3-6-16-21(29)22(36-24(16)30-13)23(34)31-15-5-7-19-14(9-15)4-8-20(32-19)33-10-17(18(28)11-33)25(26,27)12-35-2/h3-4,6,8,15,17-18H,5,7,9-12,28-29H2,1-2H3,(H,31,34)/t15-,17-,18-/m0/s1. The van der Waals surface area contributed by atoms with E-state index in [1.807, 2.05) is 36.1 Å². The fourth-order valence-corrected chi connectivity index (χ4v) is 6.21. The topological polar surface area (TPSA) is 119 Å². The van der Waals surface area contributed by atoms with Crippen LogP contribution in [0.2, 0.25) is 0 Å². The summed E-state index contributed by atoms with van der Waals surface area (Å²) in [6, 6.07) is 6.90. The van der Waals surface area contributed by atoms with E-state index in [1.165, 1.54) is 18.4 Å². The fraction of sp³-hybridized carbons (Fsp3) is 0.480. The van der Waals surface area contributed by atoms with Crippen molar-refractivity contribution in [2.24, 2.45) is 11.7 Å². The molecule has 36 heavy (non-hydrogen) atoms. The summed E-state index contributed by atoms with van der Waals surface area (Å²) >= 11 is 1.30. The van der Waals surface area contributed by atoms with Gasteiger partial charge in [0.25, 0.3) is 11.8 Å². The maximum atomic E-state index is 14.4. The highest BCUT2D eigenvalue weighted by Crippen LogP contribution is 2.35. The molecule has 0 radical (unpaired) electrons. The highest BCUT2D eigenvalue weighted by Gasteiger charge is 2.48. The molecule has 1 saturated heterocycles. The van der Waals surface area contributed by atoms with Crippen LogP contribution in [0.25, 0.3) is 10.2 Å². The minimum Gasteiger partial charge on any atom is -0.397 e. The number of carbonyl (C=O) groups is 1. The molecule has 5 rings (SSSR count). The van der Waals surface area contributed by atoms with E-state index in [0.717, 1.165) is 33.6 Å². The second-order valence-electron chi connectivity index (χ2n) is 9.71. The van der Waals surface area contributed by atoms with Gasteiger partial charge in [-0.2, -0.15) is 0 Å². The Morgan fingerprint density at radius 1 is 1.28 bits per heavy atom. The Balaban J connectivity index is 1.26. The zero-order valence-electron chi connectivity index (χ0n) is 20.3. The van der Waals surface area contributed by atoms with E-state index in [2.05, 4.69) is 10.3 Å². The molecule has 1 amide bonds. The number of methoxy groups -OCH3 is 1. The summed E-state index contributed by atoms with van der Waals surface area (Å²) < 4.78 is 33.5. The summed E-state index contributed by atoms with van der Waals surface area (Å²) in [5.41, 5.74) is 15.6. The van der Waals surface area contributed by atoms with Gasteiger partial charge in [0.2, 0.25) is 0 Å². The van der Waals surface area contributed by atoms with Crippen LogP contribution in [-0.4, -0.2) is 60.7 Å². The molecule has 1 fully saturated rings. The molecule has 0 saturated carbocycles. The molecular weight excluding hydrogens is 486 g/mol. The van der Waals surface area contributed by atoms with Crippen LogP contribution in [0.4, 0.5) is 20.3 Å². The number of hydrogen-bond acceptors (Lipinski definition) is 8. The molecule has 3 aromatic heterocycles. The number of aromatic nitrogens is 2. The van der Waals surface area contributed by atoms with Crippen LogP contribution < -0.4 is 21.7 Å². The van der Waals surface area contributed by atoms with Gasteiger partial charge in [-0.3, -0.25) is 4.79 Å². The average molecular weight is 517 g/mol. The number of carbonyl (C=O) groups excluding carboxylic acids is 1. The van der Waals surface area contributed by atoms with Crippen LogP contribution in [0.1, 0.15) is 33.0 Å². The number of anilines is 2. The van der Waals surface area contributed by atoms with Gasteiger partial charge in [0, 0.05) is 49.1 Å². The molecule has 3 aromatic rings. The predicted molar refractivity (Wildman–Crippen MR) is 137 cm³/mol. The van der Waals surface area contributed by atoms with Crippen molar-refractivity contribution in [3.8, 4) is 0 Å². The van der Waals surface area contributed by atoms with Crippen LogP contribution in [-0.2, 0) is 17.6 Å². The molecule has 192 valence electrons. The van der Waals surface area contributed by atoms with Gasteiger partial charge in [-0.1, -0.05) is 6.07 Å². The van der Waals surface area contributed by atoms with Gasteiger partial charge in [0.15, 0.2) is 0 Å². The number of alkyl halides is 2. The zero-order valence-corrected chi connectivity index (χ0v) is 21.1. The molecule has 1 aliphatic heterocycles. The SMILES string of the molecule is COCC(F)(F)[C@H]1CN(c2ccc3c(n2)CC[C@H](NC(=O)c2sc4nc(C)ccc4c2N)C3)C[C@@H]1N. The van der Waals surface area contributed by atoms with Gasteiger partial charge in [-0.15, -0.1) is 11.3 Å². The van der Waals surface area contributed by atoms with Crippen molar-refractivity contribution < 1.29 is 18.3 Å². The molecule has 11 heteroatoms. The number of rotatable bonds is 6. The first-order valence-electron chi connectivity index (χ1n) is 12.0. The Hall–Kier alpha value is -2.89. The monoisotopic (exact) mass is 516 g/mol. The van der Waals surface area contributed by atoms with Gasteiger partial charge < -0.3 is 26.4 Å². The lowest BCUT2D eigenvalue weighted by molar-refractivity contribution is -0.105. The lowest BCUT2D eigenvalue weighted by atomic mass is 9.91. The lowest BCUT2D eigenvalue weighted by Gasteiger charge is -2.27. The highest BCUT2D eigenvalue weighted by atomic mass is 32.1. The minimum absolute atomic E-state index is 0.0470. The normalized spacial score (nSPS) is 22.1. The largest absolute Gasteiger partial charge is 0.397 e. The summed E-state index contributed by atoms with van der Waals surface area (Å²) in [5, 5.41) is 3.91. The van der Waals surface area contributed by atoms with E-state index in [4.69, 9.17) is 21.2 Å². The van der Waals surface area contributed by atoms with Crippen molar-refractivity contribution in [2.75, 3.05) is 37.4 Å². The number of aryl methyl sites for hydroxylation is 2. The number of nitrogen functional groups attached to an aromatic ring is 1. The van der Waals surface area contributed by atoms with E-state index in [0.29, 0.717) is 35.8 Å². The van der Waals surface area contributed by atoms with E-state index >= 15 is 0 Å². The Morgan fingerprint density at radius 2 is 2.08 bits per heavy atom. The van der Waals surface area contributed by atoms with E-state index in [-0.39, 0.29) is 18.5 Å². The van der Waals surface area contributed by atoms with Crippen LogP contribution in [0.3, 0.4) is 0 Å². The van der Waals surface area contributed by atoms with Gasteiger partial charge in [0.05, 0.1) is 11.6 Å². The minimum atomic E-state index is -2.99. The molecule has 0 unspecified atom stereocenters. The first kappa shape index (κ1) is 24.8. The zero-order chi connectivity index (χ0) is 25.6. The Kier molecular flexibility index (Phi) is 6.56. The first-order valence-corrected chi connectivity index (χ1v) is 12.8. The van der Waals surface area contributed by atoms with Gasteiger partial charge in [0.1, 0.15) is 22.1 Å². The molecule has 3 atom stereocenters. The Labute approximate surface area is 212 Å². The average Bonchev–Trinajstić information content (AvgIpc) is 3.39. The first-order chi connectivity index (χ1) is 17.2. The van der Waals surface area contributed by atoms with Gasteiger partial charge >= 0.3 is 0 Å². The quantitative estimate of drug-likeness (QED) is 0.461. The molecular formula is C25H30F2N6O2S. The van der Waals surface area contributed by atoms with E-state index in [9.17, 15) is 13.6 Å². The molecule has 1 aliphatic carbocycles. The Bertz CT molecular complexity index is 1300. The third-order valence-electron chi connectivity index (χ3n) is 7.09. The molecule has 2 aliphatic rings. The number of pyridine rings is 2. The third kappa shape index (κ3) is 4.62. The van der Waals surface area contributed by atoms with Crippen molar-refractivity contribution in [2.45, 2.75) is 44.2 Å². The van der Waals surface area contributed by atoms with Crippen molar-refractivity contribution in [1.29, 1.82) is 0 Å². The number of halogens is 2. The molecule has 0 spiro atoms. The molecule has 5 N–H and O–H groups in total. The maximum absolute atomic E-state index is 14.4. The van der Waals surface area contributed by atoms with Crippen LogP contribution in [0.15, 0.2) is 24.3 Å². The summed E-state index contributed by atoms with van der Waals surface area (Å²) in [6.45, 7) is 1.71. The summed E-state index contributed by atoms with van der Waals surface area (Å²) in [5.74, 6) is -3.52. The second kappa shape index (κ2) is 9.53. The van der Waals surface area contributed by atoms with Crippen LogP contribution in [0, 0.1) is 12.8 Å². The molecule has 8 nitrogen and oxygen atoms in total. The predicted octanol–water partition coefficient (Wildman–Crippen LogP) is 2.91. The highest BCUT2D eigenvalue weighted by molar-refractivity contribution is 7.21.